The first-order chi connectivity index (χ1) is 11.3. The van der Waals surface area contributed by atoms with Crippen LogP contribution in [0.1, 0.15) is 24.0 Å². The first kappa shape index (κ1) is 16.0. The monoisotopic (exact) mass is 328 g/mol. The van der Waals surface area contributed by atoms with Gasteiger partial charge < -0.3 is 10.2 Å². The molecule has 2 aromatic rings. The second-order valence-electron chi connectivity index (χ2n) is 5.80. The number of nitrogens with zero attached hydrogens (tertiary/aromatic N) is 1. The molecule has 1 aliphatic heterocycles. The van der Waals surface area contributed by atoms with Gasteiger partial charge in [0, 0.05) is 36.8 Å². The van der Waals surface area contributed by atoms with Crippen molar-refractivity contribution in [2.24, 2.45) is 0 Å². The maximum atomic E-state index is 12.5. The van der Waals surface area contributed by atoms with E-state index in [1.54, 1.807) is 0 Å². The normalized spacial score (nSPS) is 13.7. The van der Waals surface area contributed by atoms with Gasteiger partial charge in [0.25, 0.3) is 0 Å². The number of carbonyl (C=O) groups is 1. The molecule has 1 amide bonds. The second-order valence-corrected chi connectivity index (χ2v) is 6.20. The summed E-state index contributed by atoms with van der Waals surface area (Å²) in [4.78, 5) is 14.4. The quantitative estimate of drug-likeness (QED) is 0.847. The van der Waals surface area contributed by atoms with Crippen molar-refractivity contribution in [3.05, 3.63) is 64.7 Å². The molecule has 3 rings (SSSR count). The molecule has 0 saturated carbocycles. The first-order valence-electron chi connectivity index (χ1n) is 8.08. The van der Waals surface area contributed by atoms with Crippen molar-refractivity contribution >= 4 is 23.2 Å². The fourth-order valence-corrected chi connectivity index (χ4v) is 3.19. The Morgan fingerprint density at radius 1 is 1.13 bits per heavy atom. The van der Waals surface area contributed by atoms with Gasteiger partial charge >= 0.3 is 0 Å². The number of hydrogen-bond donors (Lipinski definition) is 1. The minimum atomic E-state index is 0.184. The highest BCUT2D eigenvalue weighted by Gasteiger charge is 2.21. The van der Waals surface area contributed by atoms with Crippen LogP contribution in [0.25, 0.3) is 0 Å². The van der Waals surface area contributed by atoms with Crippen molar-refractivity contribution in [2.75, 3.05) is 18.0 Å². The summed E-state index contributed by atoms with van der Waals surface area (Å²) >= 11 is 6.13. The molecule has 0 bridgehead atoms. The summed E-state index contributed by atoms with van der Waals surface area (Å²) in [7, 11) is 0. The lowest BCUT2D eigenvalue weighted by Crippen LogP contribution is -2.37. The summed E-state index contributed by atoms with van der Waals surface area (Å²) < 4.78 is 0. The zero-order valence-corrected chi connectivity index (χ0v) is 13.9. The lowest BCUT2D eigenvalue weighted by Gasteiger charge is -2.29. The highest BCUT2D eigenvalue weighted by Crippen LogP contribution is 2.27. The highest BCUT2D eigenvalue weighted by molar-refractivity contribution is 6.31. The number of benzene rings is 2. The number of para-hydroxylation sites is 1. The molecule has 0 aliphatic carbocycles. The SMILES string of the molecule is O=C(CCNCc1ccccc1Cl)N1CCCc2ccccc21. The molecule has 0 fully saturated rings. The average molecular weight is 329 g/mol. The van der Waals surface area contributed by atoms with Gasteiger partial charge in [0.1, 0.15) is 0 Å². The molecule has 4 heteroatoms. The van der Waals surface area contributed by atoms with Crippen LogP contribution in [-0.2, 0) is 17.8 Å². The number of aryl methyl sites for hydroxylation is 1. The zero-order valence-electron chi connectivity index (χ0n) is 13.1. The smallest absolute Gasteiger partial charge is 0.228 e. The van der Waals surface area contributed by atoms with Gasteiger partial charge in [-0.05, 0) is 36.1 Å². The molecule has 2 aromatic carbocycles. The highest BCUT2D eigenvalue weighted by atomic mass is 35.5. The summed E-state index contributed by atoms with van der Waals surface area (Å²) in [5.74, 6) is 0.184. The molecule has 0 aromatic heterocycles. The Bertz CT molecular complexity index is 687. The number of carbonyl (C=O) groups excluding carboxylic acids is 1. The van der Waals surface area contributed by atoms with Gasteiger partial charge in [-0.3, -0.25) is 4.79 Å². The summed E-state index contributed by atoms with van der Waals surface area (Å²) in [6.07, 6.45) is 2.60. The van der Waals surface area contributed by atoms with Crippen LogP contribution < -0.4 is 10.2 Å². The summed E-state index contributed by atoms with van der Waals surface area (Å²) in [5, 5.41) is 4.06. The van der Waals surface area contributed by atoms with E-state index in [9.17, 15) is 4.79 Å². The largest absolute Gasteiger partial charge is 0.312 e. The van der Waals surface area contributed by atoms with Gasteiger partial charge in [-0.15, -0.1) is 0 Å². The molecule has 0 radical (unpaired) electrons. The number of hydrogen-bond acceptors (Lipinski definition) is 2. The van der Waals surface area contributed by atoms with Crippen LogP contribution in [0.3, 0.4) is 0 Å². The van der Waals surface area contributed by atoms with Gasteiger partial charge in [-0.2, -0.15) is 0 Å². The van der Waals surface area contributed by atoms with E-state index in [4.69, 9.17) is 11.6 Å². The third kappa shape index (κ3) is 3.92. The van der Waals surface area contributed by atoms with Crippen LogP contribution in [0.4, 0.5) is 5.69 Å². The van der Waals surface area contributed by atoms with Crippen LogP contribution in [0.15, 0.2) is 48.5 Å². The molecule has 0 unspecified atom stereocenters. The van der Waals surface area contributed by atoms with Crippen LogP contribution in [0, 0.1) is 0 Å². The van der Waals surface area contributed by atoms with Crippen molar-refractivity contribution in [3.63, 3.8) is 0 Å². The summed E-state index contributed by atoms with van der Waals surface area (Å²) in [5.41, 5.74) is 3.41. The lowest BCUT2D eigenvalue weighted by molar-refractivity contribution is -0.118. The Labute approximate surface area is 142 Å². The Hall–Kier alpha value is -1.84. The first-order valence-corrected chi connectivity index (χ1v) is 8.46. The number of amides is 1. The molecule has 0 saturated heterocycles. The standard InChI is InChI=1S/C19H21ClN2O/c20-17-9-3-1-7-16(17)14-21-12-11-19(23)22-13-5-8-15-6-2-4-10-18(15)22/h1-4,6-7,9-10,21H,5,8,11-14H2. The molecule has 0 spiro atoms. The van der Waals surface area contributed by atoms with Gasteiger partial charge in [0.05, 0.1) is 0 Å². The number of fused-ring (bicyclic) bond motifs is 1. The topological polar surface area (TPSA) is 32.3 Å². The maximum Gasteiger partial charge on any atom is 0.228 e. The van der Waals surface area contributed by atoms with E-state index in [1.165, 1.54) is 5.56 Å². The van der Waals surface area contributed by atoms with Crippen molar-refractivity contribution in [3.8, 4) is 0 Å². The molecule has 3 nitrogen and oxygen atoms in total. The molecular formula is C19H21ClN2O. The predicted molar refractivity (Wildman–Crippen MR) is 94.9 cm³/mol. The molecule has 23 heavy (non-hydrogen) atoms. The van der Waals surface area contributed by atoms with E-state index in [0.29, 0.717) is 19.5 Å². The van der Waals surface area contributed by atoms with Crippen LogP contribution in [0.5, 0.6) is 0 Å². The van der Waals surface area contributed by atoms with Crippen LogP contribution in [0.2, 0.25) is 5.02 Å². The minimum Gasteiger partial charge on any atom is -0.312 e. The van der Waals surface area contributed by atoms with Crippen LogP contribution in [-0.4, -0.2) is 19.0 Å². The maximum absolute atomic E-state index is 12.5. The van der Waals surface area contributed by atoms with Crippen LogP contribution >= 0.6 is 11.6 Å². The van der Waals surface area contributed by atoms with E-state index in [-0.39, 0.29) is 5.91 Å². The fourth-order valence-electron chi connectivity index (χ4n) is 2.99. The third-order valence-electron chi connectivity index (χ3n) is 4.20. The fraction of sp³-hybridized carbons (Fsp3) is 0.316. The second kappa shape index (κ2) is 7.62. The van der Waals surface area contributed by atoms with Crippen molar-refractivity contribution in [2.45, 2.75) is 25.8 Å². The molecular weight excluding hydrogens is 308 g/mol. The van der Waals surface area contributed by atoms with Gasteiger partial charge in [-0.1, -0.05) is 48.0 Å². The van der Waals surface area contributed by atoms with Gasteiger partial charge in [0.15, 0.2) is 0 Å². The predicted octanol–water partition coefficient (Wildman–Crippen LogP) is 3.80. The Kier molecular flexibility index (Phi) is 5.31. The van der Waals surface area contributed by atoms with Crippen molar-refractivity contribution in [1.29, 1.82) is 0 Å². The van der Waals surface area contributed by atoms with E-state index >= 15 is 0 Å². The third-order valence-corrected chi connectivity index (χ3v) is 4.57. The molecule has 1 aliphatic rings. The number of anilines is 1. The minimum absolute atomic E-state index is 0.184. The zero-order chi connectivity index (χ0) is 16.1. The number of rotatable bonds is 5. The van der Waals surface area contributed by atoms with Crippen molar-refractivity contribution < 1.29 is 4.79 Å². The molecule has 0 atom stereocenters. The Balaban J connectivity index is 1.52. The van der Waals surface area contributed by atoms with Gasteiger partial charge in [0.2, 0.25) is 5.91 Å². The Morgan fingerprint density at radius 2 is 1.91 bits per heavy atom. The van der Waals surface area contributed by atoms with Crippen molar-refractivity contribution in [1.82, 2.24) is 5.32 Å². The van der Waals surface area contributed by atoms with E-state index in [2.05, 4.69) is 11.4 Å². The van der Waals surface area contributed by atoms with Gasteiger partial charge in [-0.25, -0.2) is 0 Å². The summed E-state index contributed by atoms with van der Waals surface area (Å²) in [6.45, 7) is 2.16. The van der Waals surface area contributed by atoms with E-state index < -0.39 is 0 Å². The number of halogens is 1. The lowest BCUT2D eigenvalue weighted by atomic mass is 10.0. The summed E-state index contributed by atoms with van der Waals surface area (Å²) in [6, 6.07) is 16.0. The Morgan fingerprint density at radius 3 is 2.78 bits per heavy atom. The van der Waals surface area contributed by atoms with E-state index in [1.807, 2.05) is 47.4 Å². The molecule has 120 valence electrons. The van der Waals surface area contributed by atoms with E-state index in [0.717, 1.165) is 35.7 Å². The molecule has 1 N–H and O–H groups in total. The average Bonchev–Trinajstić information content (AvgIpc) is 2.59. The molecule has 1 heterocycles. The number of nitrogens with one attached hydrogen (secondary N) is 1.